The number of hydrogen-bond acceptors (Lipinski definition) is 6. The zero-order chi connectivity index (χ0) is 20.6. The van der Waals surface area contributed by atoms with Crippen LogP contribution in [-0.4, -0.2) is 32.6 Å². The smallest absolute Gasteiger partial charge is 0.250 e. The van der Waals surface area contributed by atoms with Gasteiger partial charge in [-0.25, -0.2) is 5.43 Å². The van der Waals surface area contributed by atoms with E-state index in [9.17, 15) is 4.79 Å². The van der Waals surface area contributed by atoms with Crippen LogP contribution in [0.1, 0.15) is 24.4 Å². The van der Waals surface area contributed by atoms with E-state index in [1.165, 1.54) is 11.8 Å². The summed E-state index contributed by atoms with van der Waals surface area (Å²) >= 11 is 4.75. The van der Waals surface area contributed by atoms with Gasteiger partial charge in [0.25, 0.3) is 5.91 Å². The molecule has 150 valence electrons. The van der Waals surface area contributed by atoms with Crippen molar-refractivity contribution >= 4 is 45.5 Å². The third-order valence-electron chi connectivity index (χ3n) is 4.02. The Morgan fingerprint density at radius 3 is 2.66 bits per heavy atom. The van der Waals surface area contributed by atoms with Crippen LogP contribution in [0, 0.1) is 0 Å². The van der Waals surface area contributed by atoms with E-state index in [1.54, 1.807) is 6.21 Å². The molecule has 9 heteroatoms. The maximum absolute atomic E-state index is 12.0. The molecule has 2 N–H and O–H groups in total. The minimum Gasteiger partial charge on any atom is -0.375 e. The van der Waals surface area contributed by atoms with Crippen LogP contribution in [0.4, 0.5) is 5.69 Å². The average molecular weight is 473 g/mol. The van der Waals surface area contributed by atoms with Crippen LogP contribution in [0.3, 0.4) is 0 Å². The predicted molar refractivity (Wildman–Crippen MR) is 120 cm³/mol. The zero-order valence-corrected chi connectivity index (χ0v) is 18.4. The second kappa shape index (κ2) is 10.2. The molecular formula is C20H21BrN6OS. The van der Waals surface area contributed by atoms with Crippen LogP contribution in [0.15, 0.2) is 69.3 Å². The quantitative estimate of drug-likeness (QED) is 0.294. The molecule has 0 bridgehead atoms. The molecule has 1 aromatic heterocycles. The number of carbonyl (C=O) groups excluding carboxylic acids is 1. The highest BCUT2D eigenvalue weighted by Crippen LogP contribution is 2.23. The van der Waals surface area contributed by atoms with Gasteiger partial charge in [0.2, 0.25) is 0 Å². The standard InChI is InChI=1S/C20H21BrN6OS/c1-14(23-17-10-8-16(21)9-11-17)19-25-26-20(27(19)2)29-13-18(28)24-22-12-15-6-4-3-5-7-15/h3-12,14,23H,13H2,1-2H3,(H,24,28)/b22-12-/t14-/m0/s1. The molecule has 3 aromatic rings. The Morgan fingerprint density at radius 1 is 1.21 bits per heavy atom. The Hall–Kier alpha value is -2.65. The van der Waals surface area contributed by atoms with E-state index in [4.69, 9.17) is 0 Å². The molecule has 1 heterocycles. The second-order valence-electron chi connectivity index (χ2n) is 6.27. The summed E-state index contributed by atoms with van der Waals surface area (Å²) in [5.74, 6) is 0.790. The molecule has 7 nitrogen and oxygen atoms in total. The van der Waals surface area contributed by atoms with E-state index >= 15 is 0 Å². The highest BCUT2D eigenvalue weighted by molar-refractivity contribution is 9.10. The SMILES string of the molecule is C[C@H](Nc1ccc(Br)cc1)c1nnc(SCC(=O)N/N=C\c2ccccc2)n1C. The normalized spacial score (nSPS) is 12.1. The molecule has 2 aromatic carbocycles. The molecule has 0 saturated heterocycles. The molecule has 0 radical (unpaired) electrons. The number of rotatable bonds is 8. The van der Waals surface area contributed by atoms with Crippen molar-refractivity contribution < 1.29 is 4.79 Å². The number of anilines is 1. The minimum atomic E-state index is -0.201. The number of nitrogens with zero attached hydrogens (tertiary/aromatic N) is 4. The topological polar surface area (TPSA) is 84.2 Å². The number of nitrogens with one attached hydrogen (secondary N) is 2. The van der Waals surface area contributed by atoms with E-state index < -0.39 is 0 Å². The molecule has 0 unspecified atom stereocenters. The van der Waals surface area contributed by atoms with Crippen LogP contribution in [0.5, 0.6) is 0 Å². The monoisotopic (exact) mass is 472 g/mol. The number of halogens is 1. The molecule has 3 rings (SSSR count). The molecular weight excluding hydrogens is 452 g/mol. The largest absolute Gasteiger partial charge is 0.375 e. The van der Waals surface area contributed by atoms with Crippen LogP contribution < -0.4 is 10.7 Å². The third-order valence-corrected chi connectivity index (χ3v) is 5.57. The van der Waals surface area contributed by atoms with Gasteiger partial charge >= 0.3 is 0 Å². The molecule has 0 fully saturated rings. The molecule has 1 atom stereocenters. The van der Waals surface area contributed by atoms with Gasteiger partial charge in [-0.15, -0.1) is 10.2 Å². The van der Waals surface area contributed by atoms with Gasteiger partial charge in [-0.3, -0.25) is 4.79 Å². The first-order valence-electron chi connectivity index (χ1n) is 8.94. The lowest BCUT2D eigenvalue weighted by molar-refractivity contribution is -0.118. The van der Waals surface area contributed by atoms with Gasteiger partial charge in [-0.05, 0) is 36.8 Å². The van der Waals surface area contributed by atoms with Crippen molar-refractivity contribution in [2.45, 2.75) is 18.1 Å². The first kappa shape index (κ1) is 21.1. The highest BCUT2D eigenvalue weighted by atomic mass is 79.9. The molecule has 0 aliphatic carbocycles. The van der Waals surface area contributed by atoms with E-state index in [0.29, 0.717) is 5.16 Å². The lowest BCUT2D eigenvalue weighted by atomic mass is 10.2. The van der Waals surface area contributed by atoms with Crippen molar-refractivity contribution in [3.05, 3.63) is 70.5 Å². The number of amides is 1. The highest BCUT2D eigenvalue weighted by Gasteiger charge is 2.16. The second-order valence-corrected chi connectivity index (χ2v) is 8.12. The Bertz CT molecular complexity index is 974. The van der Waals surface area contributed by atoms with Crippen LogP contribution in [-0.2, 0) is 11.8 Å². The van der Waals surface area contributed by atoms with Crippen LogP contribution in [0.25, 0.3) is 0 Å². The number of hydrogen-bond donors (Lipinski definition) is 2. The maximum Gasteiger partial charge on any atom is 0.250 e. The predicted octanol–water partition coefficient (Wildman–Crippen LogP) is 3.99. The number of thioether (sulfide) groups is 1. The maximum atomic E-state index is 12.0. The Labute approximate surface area is 182 Å². The van der Waals surface area contributed by atoms with Gasteiger partial charge < -0.3 is 9.88 Å². The molecule has 1 amide bonds. The first-order chi connectivity index (χ1) is 14.0. The van der Waals surface area contributed by atoms with Crippen molar-refractivity contribution in [3.63, 3.8) is 0 Å². The molecule has 0 aliphatic rings. The van der Waals surface area contributed by atoms with Gasteiger partial charge in [0.15, 0.2) is 11.0 Å². The molecule has 29 heavy (non-hydrogen) atoms. The first-order valence-corrected chi connectivity index (χ1v) is 10.7. The van der Waals surface area contributed by atoms with Crippen molar-refractivity contribution in [2.75, 3.05) is 11.1 Å². The number of carbonyl (C=O) groups is 1. The third kappa shape index (κ3) is 6.16. The van der Waals surface area contributed by atoms with Crippen molar-refractivity contribution in [3.8, 4) is 0 Å². The summed E-state index contributed by atoms with van der Waals surface area (Å²) < 4.78 is 2.92. The zero-order valence-electron chi connectivity index (χ0n) is 16.0. The number of aromatic nitrogens is 3. The van der Waals surface area contributed by atoms with Gasteiger partial charge in [0.1, 0.15) is 0 Å². The molecule has 0 spiro atoms. The van der Waals surface area contributed by atoms with Crippen molar-refractivity contribution in [1.82, 2.24) is 20.2 Å². The van der Waals surface area contributed by atoms with Crippen molar-refractivity contribution in [1.29, 1.82) is 0 Å². The summed E-state index contributed by atoms with van der Waals surface area (Å²) in [6.07, 6.45) is 1.61. The summed E-state index contributed by atoms with van der Waals surface area (Å²) in [7, 11) is 1.89. The van der Waals surface area contributed by atoms with Crippen molar-refractivity contribution in [2.24, 2.45) is 12.1 Å². The van der Waals surface area contributed by atoms with E-state index in [0.717, 1.165) is 21.5 Å². The van der Waals surface area contributed by atoms with E-state index in [2.05, 4.69) is 42.0 Å². The molecule has 0 saturated carbocycles. The summed E-state index contributed by atoms with van der Waals surface area (Å²) in [5, 5.41) is 16.5. The van der Waals surface area contributed by atoms with E-state index in [-0.39, 0.29) is 17.7 Å². The summed E-state index contributed by atoms with van der Waals surface area (Å²) in [6, 6.07) is 17.5. The Balaban J connectivity index is 1.51. The average Bonchev–Trinajstić information content (AvgIpc) is 3.09. The van der Waals surface area contributed by atoms with Crippen LogP contribution in [0.2, 0.25) is 0 Å². The van der Waals surface area contributed by atoms with Gasteiger partial charge in [-0.1, -0.05) is 58.0 Å². The minimum absolute atomic E-state index is 0.0349. The van der Waals surface area contributed by atoms with Gasteiger partial charge in [0.05, 0.1) is 18.0 Å². The fraction of sp³-hybridized carbons (Fsp3) is 0.200. The summed E-state index contributed by atoms with van der Waals surface area (Å²) in [6.45, 7) is 2.02. The fourth-order valence-corrected chi connectivity index (χ4v) is 3.54. The van der Waals surface area contributed by atoms with Crippen LogP contribution >= 0.6 is 27.7 Å². The molecule has 0 aliphatic heterocycles. The summed E-state index contributed by atoms with van der Waals surface area (Å²) in [4.78, 5) is 12.0. The van der Waals surface area contributed by atoms with E-state index in [1.807, 2.05) is 73.1 Å². The lowest BCUT2D eigenvalue weighted by Crippen LogP contribution is -2.20. The Kier molecular flexibility index (Phi) is 7.42. The lowest BCUT2D eigenvalue weighted by Gasteiger charge is -2.14. The Morgan fingerprint density at radius 2 is 1.93 bits per heavy atom. The van der Waals surface area contributed by atoms with Gasteiger partial charge in [0, 0.05) is 17.2 Å². The van der Waals surface area contributed by atoms with Gasteiger partial charge in [-0.2, -0.15) is 5.10 Å². The summed E-state index contributed by atoms with van der Waals surface area (Å²) in [5.41, 5.74) is 4.44. The number of benzene rings is 2. The number of hydrazone groups is 1. The fourth-order valence-electron chi connectivity index (χ4n) is 2.57.